The zero-order chi connectivity index (χ0) is 14.7. The number of nitrogens with zero attached hydrogens (tertiary/aromatic N) is 1. The molecule has 1 saturated carbocycles. The molecule has 1 saturated heterocycles. The van der Waals surface area contributed by atoms with Gasteiger partial charge in [0, 0.05) is 25.0 Å². The molecular formula is C17H26N2OS. The number of rotatable bonds is 3. The van der Waals surface area contributed by atoms with Crippen molar-refractivity contribution in [3.05, 3.63) is 22.4 Å². The summed E-state index contributed by atoms with van der Waals surface area (Å²) in [5.41, 5.74) is 7.61. The molecule has 2 N–H and O–H groups in total. The minimum atomic E-state index is 0.148. The minimum Gasteiger partial charge on any atom is -0.341 e. The number of carbonyl (C=O) groups excluding carboxylic acids is 1. The van der Waals surface area contributed by atoms with E-state index >= 15 is 0 Å². The topological polar surface area (TPSA) is 46.3 Å². The van der Waals surface area contributed by atoms with Crippen LogP contribution in [0.2, 0.25) is 0 Å². The Balaban J connectivity index is 1.60. The Hall–Kier alpha value is -0.870. The molecule has 0 spiro atoms. The van der Waals surface area contributed by atoms with Gasteiger partial charge in [-0.3, -0.25) is 4.79 Å². The van der Waals surface area contributed by atoms with Crippen LogP contribution in [0.4, 0.5) is 0 Å². The minimum absolute atomic E-state index is 0.148. The lowest BCUT2D eigenvalue weighted by Gasteiger charge is -2.38. The van der Waals surface area contributed by atoms with Gasteiger partial charge in [-0.15, -0.1) is 0 Å². The van der Waals surface area contributed by atoms with Crippen LogP contribution in [0.5, 0.6) is 0 Å². The van der Waals surface area contributed by atoms with Crippen molar-refractivity contribution in [1.29, 1.82) is 0 Å². The average Bonchev–Trinajstić information content (AvgIpc) is 2.99. The van der Waals surface area contributed by atoms with Gasteiger partial charge in [0.15, 0.2) is 0 Å². The molecule has 3 nitrogen and oxygen atoms in total. The second-order valence-corrected chi connectivity index (χ2v) is 7.56. The molecule has 2 heterocycles. The van der Waals surface area contributed by atoms with Gasteiger partial charge < -0.3 is 10.6 Å². The van der Waals surface area contributed by atoms with Gasteiger partial charge >= 0.3 is 0 Å². The summed E-state index contributed by atoms with van der Waals surface area (Å²) in [5.74, 6) is 1.17. The van der Waals surface area contributed by atoms with Crippen molar-refractivity contribution in [2.75, 3.05) is 13.1 Å². The second-order valence-electron chi connectivity index (χ2n) is 6.78. The average molecular weight is 306 g/mol. The Bertz CT molecular complexity index is 453. The fourth-order valence-electron chi connectivity index (χ4n) is 3.92. The SMILES string of the molecule is NC1CC(Cc2ccsc2)CN(C(=O)C2CCCCC2)C1. The molecule has 4 heteroatoms. The monoisotopic (exact) mass is 306 g/mol. The highest BCUT2D eigenvalue weighted by Crippen LogP contribution is 2.28. The third-order valence-corrected chi connectivity index (χ3v) is 5.67. The third kappa shape index (κ3) is 3.86. The number of hydrogen-bond acceptors (Lipinski definition) is 3. The molecule has 0 bridgehead atoms. The quantitative estimate of drug-likeness (QED) is 0.933. The first kappa shape index (κ1) is 15.0. The highest BCUT2D eigenvalue weighted by Gasteiger charge is 2.32. The molecule has 2 atom stereocenters. The maximum Gasteiger partial charge on any atom is 0.225 e. The first-order chi connectivity index (χ1) is 10.2. The third-order valence-electron chi connectivity index (χ3n) is 4.94. The van der Waals surface area contributed by atoms with Gasteiger partial charge in [0.25, 0.3) is 0 Å². The van der Waals surface area contributed by atoms with Crippen LogP contribution in [0, 0.1) is 11.8 Å². The van der Waals surface area contributed by atoms with Crippen molar-refractivity contribution in [2.24, 2.45) is 17.6 Å². The van der Waals surface area contributed by atoms with E-state index < -0.39 is 0 Å². The Morgan fingerprint density at radius 2 is 2.10 bits per heavy atom. The summed E-state index contributed by atoms with van der Waals surface area (Å²) in [6.45, 7) is 1.66. The van der Waals surface area contributed by atoms with Crippen molar-refractivity contribution in [3.63, 3.8) is 0 Å². The van der Waals surface area contributed by atoms with Crippen molar-refractivity contribution in [2.45, 2.75) is 51.0 Å². The summed E-state index contributed by atoms with van der Waals surface area (Å²) < 4.78 is 0. The molecule has 2 aliphatic rings. The van der Waals surface area contributed by atoms with Gasteiger partial charge in [0.2, 0.25) is 5.91 Å². The first-order valence-corrected chi connectivity index (χ1v) is 9.22. The number of likely N-dealkylation sites (tertiary alicyclic amines) is 1. The van der Waals surface area contributed by atoms with E-state index in [1.54, 1.807) is 11.3 Å². The molecule has 116 valence electrons. The largest absolute Gasteiger partial charge is 0.341 e. The maximum absolute atomic E-state index is 12.7. The molecule has 0 aromatic carbocycles. The van der Waals surface area contributed by atoms with Crippen LogP contribution >= 0.6 is 11.3 Å². The number of hydrogen-bond donors (Lipinski definition) is 1. The molecule has 1 aliphatic carbocycles. The van der Waals surface area contributed by atoms with Crippen molar-refractivity contribution >= 4 is 17.2 Å². The number of carbonyl (C=O) groups is 1. The van der Waals surface area contributed by atoms with Crippen LogP contribution in [0.25, 0.3) is 0 Å². The summed E-state index contributed by atoms with van der Waals surface area (Å²) in [7, 11) is 0. The Morgan fingerprint density at radius 1 is 1.29 bits per heavy atom. The summed E-state index contributed by atoms with van der Waals surface area (Å²) in [6.07, 6.45) is 8.00. The van der Waals surface area contributed by atoms with Gasteiger partial charge in [-0.05, 0) is 54.0 Å². The van der Waals surface area contributed by atoms with Gasteiger partial charge in [-0.2, -0.15) is 11.3 Å². The Kier molecular flexibility index (Phi) is 4.96. The smallest absolute Gasteiger partial charge is 0.225 e. The lowest BCUT2D eigenvalue weighted by atomic mass is 9.85. The van der Waals surface area contributed by atoms with Gasteiger partial charge in [-0.1, -0.05) is 19.3 Å². The van der Waals surface area contributed by atoms with Gasteiger partial charge in [0.1, 0.15) is 0 Å². The Morgan fingerprint density at radius 3 is 2.81 bits per heavy atom. The maximum atomic E-state index is 12.7. The number of thiophene rings is 1. The normalized spacial score (nSPS) is 27.8. The van der Waals surface area contributed by atoms with E-state index in [1.165, 1.54) is 24.8 Å². The molecule has 1 amide bonds. The number of nitrogens with two attached hydrogens (primary N) is 1. The molecule has 1 aliphatic heterocycles. The fourth-order valence-corrected chi connectivity index (χ4v) is 4.61. The van der Waals surface area contributed by atoms with E-state index in [2.05, 4.69) is 21.7 Å². The van der Waals surface area contributed by atoms with Crippen molar-refractivity contribution < 1.29 is 4.79 Å². The number of amides is 1. The van der Waals surface area contributed by atoms with Crippen LogP contribution in [-0.4, -0.2) is 29.9 Å². The Labute approximate surface area is 131 Å². The zero-order valence-electron chi connectivity index (χ0n) is 12.7. The standard InChI is InChI=1S/C17H26N2OS/c18-16-9-14(8-13-6-7-21-12-13)10-19(11-16)17(20)15-4-2-1-3-5-15/h6-7,12,14-16H,1-5,8-11,18H2. The molecule has 2 fully saturated rings. The molecule has 0 radical (unpaired) electrons. The van der Waals surface area contributed by atoms with E-state index in [1.807, 2.05) is 0 Å². The van der Waals surface area contributed by atoms with Crippen LogP contribution in [-0.2, 0) is 11.2 Å². The molecule has 2 unspecified atom stereocenters. The van der Waals surface area contributed by atoms with E-state index in [0.29, 0.717) is 11.8 Å². The summed E-state index contributed by atoms with van der Waals surface area (Å²) in [4.78, 5) is 14.8. The molecule has 1 aromatic heterocycles. The highest BCUT2D eigenvalue weighted by molar-refractivity contribution is 7.07. The van der Waals surface area contributed by atoms with Crippen LogP contribution in [0.3, 0.4) is 0 Å². The summed E-state index contributed by atoms with van der Waals surface area (Å²) >= 11 is 1.75. The predicted octanol–water partition coefficient (Wildman–Crippen LogP) is 3.05. The second kappa shape index (κ2) is 6.93. The van der Waals surface area contributed by atoms with E-state index in [-0.39, 0.29) is 12.0 Å². The molecule has 1 aromatic rings. The van der Waals surface area contributed by atoms with Crippen LogP contribution < -0.4 is 5.73 Å². The molecule has 21 heavy (non-hydrogen) atoms. The van der Waals surface area contributed by atoms with Crippen molar-refractivity contribution in [3.8, 4) is 0 Å². The van der Waals surface area contributed by atoms with E-state index in [4.69, 9.17) is 5.73 Å². The fraction of sp³-hybridized carbons (Fsp3) is 0.706. The van der Waals surface area contributed by atoms with Crippen LogP contribution in [0.15, 0.2) is 16.8 Å². The predicted molar refractivity (Wildman–Crippen MR) is 87.3 cm³/mol. The van der Waals surface area contributed by atoms with Gasteiger partial charge in [-0.25, -0.2) is 0 Å². The van der Waals surface area contributed by atoms with E-state index in [0.717, 1.165) is 38.8 Å². The van der Waals surface area contributed by atoms with E-state index in [9.17, 15) is 4.79 Å². The van der Waals surface area contributed by atoms with Crippen molar-refractivity contribution in [1.82, 2.24) is 4.90 Å². The lowest BCUT2D eigenvalue weighted by molar-refractivity contribution is -0.138. The first-order valence-electron chi connectivity index (χ1n) is 8.28. The number of piperidine rings is 1. The zero-order valence-corrected chi connectivity index (χ0v) is 13.5. The molecule has 3 rings (SSSR count). The van der Waals surface area contributed by atoms with Crippen LogP contribution in [0.1, 0.15) is 44.1 Å². The summed E-state index contributed by atoms with van der Waals surface area (Å²) in [5, 5.41) is 4.34. The molecular weight excluding hydrogens is 280 g/mol. The highest BCUT2D eigenvalue weighted by atomic mass is 32.1. The summed E-state index contributed by atoms with van der Waals surface area (Å²) in [6, 6.07) is 2.34. The lowest BCUT2D eigenvalue weighted by Crippen LogP contribution is -2.51. The van der Waals surface area contributed by atoms with Gasteiger partial charge in [0.05, 0.1) is 0 Å².